The summed E-state index contributed by atoms with van der Waals surface area (Å²) in [7, 11) is -3.82. The fraction of sp³-hybridized carbons (Fsp3) is 0.316. The molecule has 1 amide bonds. The number of carbonyl (C=O) groups is 1. The highest BCUT2D eigenvalue weighted by atomic mass is 32.2. The minimum Gasteiger partial charge on any atom is -0.494 e. The number of hydrogen-bond acceptors (Lipinski definition) is 4. The second kappa shape index (κ2) is 7.47. The summed E-state index contributed by atoms with van der Waals surface area (Å²) < 4.78 is 33.0. The van der Waals surface area contributed by atoms with Gasteiger partial charge in [0, 0.05) is 13.1 Å². The quantitative estimate of drug-likeness (QED) is 0.871. The van der Waals surface area contributed by atoms with Crippen molar-refractivity contribution in [2.45, 2.75) is 24.8 Å². The summed E-state index contributed by atoms with van der Waals surface area (Å²) in [5, 5.41) is 2.76. The van der Waals surface area contributed by atoms with Crippen LogP contribution in [-0.4, -0.2) is 38.3 Å². The number of piperazine rings is 1. The van der Waals surface area contributed by atoms with E-state index in [1.54, 1.807) is 24.3 Å². The van der Waals surface area contributed by atoms with Crippen molar-refractivity contribution in [1.82, 2.24) is 9.62 Å². The van der Waals surface area contributed by atoms with E-state index in [2.05, 4.69) is 5.32 Å². The zero-order valence-corrected chi connectivity index (χ0v) is 15.6. The molecule has 0 aromatic heterocycles. The fourth-order valence-corrected chi connectivity index (χ4v) is 4.56. The lowest BCUT2D eigenvalue weighted by Gasteiger charge is -2.34. The zero-order valence-electron chi connectivity index (χ0n) is 14.8. The second-order valence-corrected chi connectivity index (χ2v) is 8.01. The Morgan fingerprint density at radius 2 is 1.77 bits per heavy atom. The van der Waals surface area contributed by atoms with Crippen molar-refractivity contribution < 1.29 is 17.9 Å². The molecule has 7 heteroatoms. The summed E-state index contributed by atoms with van der Waals surface area (Å²) in [5.74, 6) is 0.299. The van der Waals surface area contributed by atoms with Gasteiger partial charge in [-0.05, 0) is 43.7 Å². The van der Waals surface area contributed by atoms with Crippen molar-refractivity contribution in [1.29, 1.82) is 0 Å². The third-order valence-corrected chi connectivity index (χ3v) is 6.18. The maximum absolute atomic E-state index is 13.2. The van der Waals surface area contributed by atoms with Crippen molar-refractivity contribution in [2.24, 2.45) is 0 Å². The molecule has 0 saturated carbocycles. The molecule has 0 radical (unpaired) electrons. The van der Waals surface area contributed by atoms with Crippen molar-refractivity contribution >= 4 is 15.9 Å². The summed E-state index contributed by atoms with van der Waals surface area (Å²) >= 11 is 0. The molecular formula is C19H22N2O4S. The van der Waals surface area contributed by atoms with E-state index in [1.807, 2.05) is 26.0 Å². The molecule has 1 atom stereocenters. The SMILES string of the molecule is CCOc1ccc(S(=O)(=O)N2CCNC(=O)C2c2ccc(C)cc2)cc1. The Kier molecular flexibility index (Phi) is 5.29. The maximum atomic E-state index is 13.2. The van der Waals surface area contributed by atoms with E-state index >= 15 is 0 Å². The van der Waals surface area contributed by atoms with E-state index in [4.69, 9.17) is 4.74 Å². The first kappa shape index (κ1) is 18.4. The van der Waals surface area contributed by atoms with Crippen molar-refractivity contribution in [2.75, 3.05) is 19.7 Å². The number of ether oxygens (including phenoxy) is 1. The molecule has 0 bridgehead atoms. The maximum Gasteiger partial charge on any atom is 0.244 e. The number of amides is 1. The van der Waals surface area contributed by atoms with Crippen LogP contribution in [0.2, 0.25) is 0 Å². The highest BCUT2D eigenvalue weighted by Gasteiger charge is 2.39. The topological polar surface area (TPSA) is 75.7 Å². The number of nitrogens with zero attached hydrogens (tertiary/aromatic N) is 1. The summed E-state index contributed by atoms with van der Waals surface area (Å²) in [6.07, 6.45) is 0. The first-order valence-corrected chi connectivity index (χ1v) is 9.96. The number of benzene rings is 2. The Hall–Kier alpha value is -2.38. The van der Waals surface area contributed by atoms with E-state index in [0.29, 0.717) is 17.9 Å². The number of carbonyl (C=O) groups excluding carboxylic acids is 1. The van der Waals surface area contributed by atoms with Crippen LogP contribution in [0.15, 0.2) is 53.4 Å². The lowest BCUT2D eigenvalue weighted by Crippen LogP contribution is -2.52. The lowest BCUT2D eigenvalue weighted by molar-refractivity contribution is -0.126. The Labute approximate surface area is 153 Å². The fourth-order valence-electron chi connectivity index (χ4n) is 2.98. The van der Waals surface area contributed by atoms with E-state index in [9.17, 15) is 13.2 Å². The van der Waals surface area contributed by atoms with Crippen LogP contribution in [0.25, 0.3) is 0 Å². The average molecular weight is 374 g/mol. The number of nitrogens with one attached hydrogen (secondary N) is 1. The summed E-state index contributed by atoms with van der Waals surface area (Å²) in [6.45, 7) is 4.83. The highest BCUT2D eigenvalue weighted by molar-refractivity contribution is 7.89. The van der Waals surface area contributed by atoms with E-state index < -0.39 is 16.1 Å². The monoisotopic (exact) mass is 374 g/mol. The molecule has 6 nitrogen and oxygen atoms in total. The first-order chi connectivity index (χ1) is 12.4. The number of hydrogen-bond donors (Lipinski definition) is 1. The first-order valence-electron chi connectivity index (χ1n) is 8.52. The molecule has 1 unspecified atom stereocenters. The summed E-state index contributed by atoms with van der Waals surface area (Å²) in [5.41, 5.74) is 1.70. The smallest absolute Gasteiger partial charge is 0.244 e. The van der Waals surface area contributed by atoms with Crippen LogP contribution >= 0.6 is 0 Å². The van der Waals surface area contributed by atoms with Crippen LogP contribution in [0.1, 0.15) is 24.1 Å². The summed E-state index contributed by atoms with van der Waals surface area (Å²) in [4.78, 5) is 12.6. The van der Waals surface area contributed by atoms with Crippen LogP contribution in [0.5, 0.6) is 5.75 Å². The Morgan fingerprint density at radius 3 is 2.38 bits per heavy atom. The third-order valence-electron chi connectivity index (χ3n) is 4.30. The molecule has 1 saturated heterocycles. The Bertz CT molecular complexity index is 877. The van der Waals surface area contributed by atoms with E-state index in [-0.39, 0.29) is 23.9 Å². The molecule has 2 aromatic rings. The van der Waals surface area contributed by atoms with Crippen LogP contribution in [-0.2, 0) is 14.8 Å². The minimum atomic E-state index is -3.82. The number of rotatable bonds is 5. The van der Waals surface area contributed by atoms with E-state index in [0.717, 1.165) is 5.56 Å². The van der Waals surface area contributed by atoms with Crippen LogP contribution < -0.4 is 10.1 Å². The Balaban J connectivity index is 1.97. The highest BCUT2D eigenvalue weighted by Crippen LogP contribution is 2.30. The Morgan fingerprint density at radius 1 is 1.12 bits per heavy atom. The molecule has 26 heavy (non-hydrogen) atoms. The number of sulfonamides is 1. The molecule has 1 heterocycles. The van der Waals surface area contributed by atoms with Crippen LogP contribution in [0.4, 0.5) is 0 Å². The normalized spacial score (nSPS) is 18.4. The number of aryl methyl sites for hydroxylation is 1. The van der Waals surface area contributed by atoms with Gasteiger partial charge in [0.1, 0.15) is 11.8 Å². The zero-order chi connectivity index (χ0) is 18.7. The van der Waals surface area contributed by atoms with Gasteiger partial charge in [-0.2, -0.15) is 4.31 Å². The molecule has 1 aliphatic rings. The van der Waals surface area contributed by atoms with Gasteiger partial charge >= 0.3 is 0 Å². The standard InChI is InChI=1S/C19H22N2O4S/c1-3-25-16-8-10-17(11-9-16)26(23,24)21-13-12-20-19(22)18(21)15-6-4-14(2)5-7-15/h4-11,18H,3,12-13H2,1-2H3,(H,20,22). The molecule has 1 fully saturated rings. The molecule has 3 rings (SSSR count). The van der Waals surface area contributed by atoms with Gasteiger partial charge < -0.3 is 10.1 Å². The molecular weight excluding hydrogens is 352 g/mol. The van der Waals surface area contributed by atoms with Crippen molar-refractivity contribution in [3.63, 3.8) is 0 Å². The van der Waals surface area contributed by atoms with E-state index in [1.165, 1.54) is 16.4 Å². The predicted molar refractivity (Wildman–Crippen MR) is 98.4 cm³/mol. The average Bonchev–Trinajstić information content (AvgIpc) is 2.63. The van der Waals surface area contributed by atoms with Gasteiger partial charge in [0.2, 0.25) is 15.9 Å². The molecule has 2 aromatic carbocycles. The largest absolute Gasteiger partial charge is 0.494 e. The molecule has 1 N–H and O–H groups in total. The predicted octanol–water partition coefficient (Wildman–Crippen LogP) is 2.26. The van der Waals surface area contributed by atoms with Crippen LogP contribution in [0.3, 0.4) is 0 Å². The van der Waals surface area contributed by atoms with Crippen molar-refractivity contribution in [3.05, 3.63) is 59.7 Å². The molecule has 0 spiro atoms. The lowest BCUT2D eigenvalue weighted by atomic mass is 10.0. The van der Waals surface area contributed by atoms with Crippen molar-refractivity contribution in [3.8, 4) is 5.75 Å². The molecule has 0 aliphatic carbocycles. The van der Waals surface area contributed by atoms with Gasteiger partial charge in [-0.3, -0.25) is 4.79 Å². The van der Waals surface area contributed by atoms with Gasteiger partial charge in [-0.1, -0.05) is 29.8 Å². The van der Waals surface area contributed by atoms with Gasteiger partial charge in [0.15, 0.2) is 0 Å². The summed E-state index contributed by atoms with van der Waals surface area (Å²) in [6, 6.07) is 12.7. The minimum absolute atomic E-state index is 0.146. The molecule has 1 aliphatic heterocycles. The van der Waals surface area contributed by atoms with Gasteiger partial charge in [0.05, 0.1) is 11.5 Å². The van der Waals surface area contributed by atoms with Gasteiger partial charge in [-0.15, -0.1) is 0 Å². The molecule has 138 valence electrons. The second-order valence-electron chi connectivity index (χ2n) is 6.12. The third kappa shape index (κ3) is 3.59. The van der Waals surface area contributed by atoms with Gasteiger partial charge in [-0.25, -0.2) is 8.42 Å². The van der Waals surface area contributed by atoms with Gasteiger partial charge in [0.25, 0.3) is 0 Å². The van der Waals surface area contributed by atoms with Crippen LogP contribution in [0, 0.1) is 6.92 Å².